The average molecular weight is 262 g/mol. The molecule has 1 aromatic heterocycles. The molecule has 0 N–H and O–H groups in total. The Balaban J connectivity index is 2.10. The summed E-state index contributed by atoms with van der Waals surface area (Å²) in [6.45, 7) is 3.95. The maximum Gasteiger partial charge on any atom is 0.325 e. The highest BCUT2D eigenvalue weighted by atomic mass is 16.5. The zero-order valence-electron chi connectivity index (χ0n) is 11.3. The molecule has 0 atom stereocenters. The van der Waals surface area contributed by atoms with Gasteiger partial charge in [-0.1, -0.05) is 0 Å². The normalized spacial score (nSPS) is 14.0. The summed E-state index contributed by atoms with van der Waals surface area (Å²) in [6, 6.07) is 3.59. The van der Waals surface area contributed by atoms with Gasteiger partial charge in [0.25, 0.3) is 5.91 Å². The number of amides is 1. The largest absolute Gasteiger partial charge is 0.465 e. The monoisotopic (exact) mass is 262 g/mol. The molecule has 0 saturated heterocycles. The predicted octanol–water partition coefficient (Wildman–Crippen LogP) is 1.56. The van der Waals surface area contributed by atoms with Crippen molar-refractivity contribution in [3.8, 4) is 0 Å². The fourth-order valence-electron chi connectivity index (χ4n) is 1.94. The van der Waals surface area contributed by atoms with E-state index in [1.165, 1.54) is 0 Å². The Morgan fingerprint density at radius 2 is 2.21 bits per heavy atom. The molecule has 1 aliphatic carbocycles. The summed E-state index contributed by atoms with van der Waals surface area (Å²) in [7, 11) is 0. The average Bonchev–Trinajstić information content (AvgIpc) is 3.20. The number of carbonyl (C=O) groups excluding carboxylic acids is 2. The fourth-order valence-corrected chi connectivity index (χ4v) is 1.94. The number of pyridine rings is 1. The number of esters is 1. The molecule has 1 amide bonds. The second-order valence-electron chi connectivity index (χ2n) is 4.66. The van der Waals surface area contributed by atoms with Crippen LogP contribution < -0.4 is 0 Å². The van der Waals surface area contributed by atoms with Crippen LogP contribution in [0.5, 0.6) is 0 Å². The molecular formula is C14H18N2O3. The Bertz CT molecular complexity index is 483. The first-order valence-corrected chi connectivity index (χ1v) is 6.51. The van der Waals surface area contributed by atoms with Gasteiger partial charge in [0.2, 0.25) is 0 Å². The van der Waals surface area contributed by atoms with Crippen LogP contribution in [-0.4, -0.2) is 41.0 Å². The van der Waals surface area contributed by atoms with E-state index < -0.39 is 0 Å². The van der Waals surface area contributed by atoms with E-state index in [1.807, 2.05) is 6.92 Å². The van der Waals surface area contributed by atoms with E-state index in [4.69, 9.17) is 4.74 Å². The van der Waals surface area contributed by atoms with Gasteiger partial charge in [0.05, 0.1) is 6.61 Å². The predicted molar refractivity (Wildman–Crippen MR) is 69.7 cm³/mol. The molecule has 0 aliphatic heterocycles. The molecule has 0 aromatic carbocycles. The van der Waals surface area contributed by atoms with Gasteiger partial charge in [0, 0.05) is 23.5 Å². The maximum absolute atomic E-state index is 12.4. The number of hydrogen-bond acceptors (Lipinski definition) is 4. The molecule has 1 aromatic rings. The number of rotatable bonds is 5. The van der Waals surface area contributed by atoms with E-state index in [0.29, 0.717) is 12.2 Å². The van der Waals surface area contributed by atoms with Crippen LogP contribution in [0.1, 0.15) is 35.8 Å². The van der Waals surface area contributed by atoms with Crippen molar-refractivity contribution in [3.05, 3.63) is 29.6 Å². The Morgan fingerprint density at radius 3 is 2.79 bits per heavy atom. The molecule has 1 heterocycles. The van der Waals surface area contributed by atoms with Crippen LogP contribution in [-0.2, 0) is 9.53 Å². The van der Waals surface area contributed by atoms with Crippen LogP contribution in [0.4, 0.5) is 0 Å². The van der Waals surface area contributed by atoms with Crippen molar-refractivity contribution in [3.63, 3.8) is 0 Å². The van der Waals surface area contributed by atoms with Gasteiger partial charge in [-0.2, -0.15) is 0 Å². The quantitative estimate of drug-likeness (QED) is 0.755. The Morgan fingerprint density at radius 1 is 1.47 bits per heavy atom. The lowest BCUT2D eigenvalue weighted by Gasteiger charge is -2.21. The van der Waals surface area contributed by atoms with E-state index in [0.717, 1.165) is 18.5 Å². The highest BCUT2D eigenvalue weighted by molar-refractivity contribution is 5.96. The zero-order valence-corrected chi connectivity index (χ0v) is 11.3. The first-order valence-electron chi connectivity index (χ1n) is 6.51. The number of nitrogens with zero attached hydrogens (tertiary/aromatic N) is 2. The van der Waals surface area contributed by atoms with Crippen molar-refractivity contribution in [2.24, 2.45) is 0 Å². The van der Waals surface area contributed by atoms with Gasteiger partial charge < -0.3 is 9.64 Å². The first kappa shape index (κ1) is 13.5. The molecular weight excluding hydrogens is 244 g/mol. The Kier molecular flexibility index (Phi) is 4.14. The third-order valence-electron chi connectivity index (χ3n) is 3.00. The first-order chi connectivity index (χ1) is 9.11. The van der Waals surface area contributed by atoms with Crippen LogP contribution in [0.2, 0.25) is 0 Å². The van der Waals surface area contributed by atoms with E-state index in [2.05, 4.69) is 4.98 Å². The Labute approximate surface area is 112 Å². The molecule has 1 fully saturated rings. The van der Waals surface area contributed by atoms with Gasteiger partial charge in [-0.05, 0) is 38.8 Å². The standard InChI is InChI=1S/C14H18N2O3/c1-3-19-13(17)9-16(12-4-5-12)14(18)11-6-7-15-10(2)8-11/h6-8,12H,3-5,9H2,1-2H3. The van der Waals surface area contributed by atoms with Crippen molar-refractivity contribution in [2.45, 2.75) is 32.7 Å². The minimum Gasteiger partial charge on any atom is -0.465 e. The van der Waals surface area contributed by atoms with E-state index >= 15 is 0 Å². The topological polar surface area (TPSA) is 59.5 Å². The van der Waals surface area contributed by atoms with Crippen molar-refractivity contribution in [2.75, 3.05) is 13.2 Å². The summed E-state index contributed by atoms with van der Waals surface area (Å²) >= 11 is 0. The number of ether oxygens (including phenoxy) is 1. The van der Waals surface area contributed by atoms with Crippen molar-refractivity contribution >= 4 is 11.9 Å². The molecule has 0 unspecified atom stereocenters. The highest BCUT2D eigenvalue weighted by Crippen LogP contribution is 2.28. The second-order valence-corrected chi connectivity index (χ2v) is 4.66. The lowest BCUT2D eigenvalue weighted by molar-refractivity contribution is -0.144. The van der Waals surface area contributed by atoms with Crippen LogP contribution in [0.25, 0.3) is 0 Å². The van der Waals surface area contributed by atoms with Crippen LogP contribution in [0, 0.1) is 6.92 Å². The SMILES string of the molecule is CCOC(=O)CN(C(=O)c1ccnc(C)c1)C1CC1. The van der Waals surface area contributed by atoms with Crippen molar-refractivity contribution in [1.82, 2.24) is 9.88 Å². The smallest absolute Gasteiger partial charge is 0.325 e. The third-order valence-corrected chi connectivity index (χ3v) is 3.00. The van der Waals surface area contributed by atoms with Crippen molar-refractivity contribution < 1.29 is 14.3 Å². The maximum atomic E-state index is 12.4. The molecule has 0 spiro atoms. The van der Waals surface area contributed by atoms with Gasteiger partial charge in [-0.15, -0.1) is 0 Å². The van der Waals surface area contributed by atoms with E-state index in [1.54, 1.807) is 30.2 Å². The number of carbonyl (C=O) groups is 2. The lowest BCUT2D eigenvalue weighted by Crippen LogP contribution is -2.38. The summed E-state index contributed by atoms with van der Waals surface area (Å²) in [5.74, 6) is -0.477. The molecule has 1 saturated carbocycles. The van der Waals surface area contributed by atoms with E-state index in [9.17, 15) is 9.59 Å². The molecule has 102 valence electrons. The van der Waals surface area contributed by atoms with Gasteiger partial charge in [-0.25, -0.2) is 0 Å². The minimum absolute atomic E-state index is 0.0265. The fraction of sp³-hybridized carbons (Fsp3) is 0.500. The zero-order chi connectivity index (χ0) is 13.8. The van der Waals surface area contributed by atoms with Crippen LogP contribution in [0.3, 0.4) is 0 Å². The molecule has 0 radical (unpaired) electrons. The summed E-state index contributed by atoms with van der Waals surface area (Å²) < 4.78 is 4.91. The second kappa shape index (κ2) is 5.82. The summed E-state index contributed by atoms with van der Waals surface area (Å²) in [5, 5.41) is 0. The molecule has 5 nitrogen and oxygen atoms in total. The highest BCUT2D eigenvalue weighted by Gasteiger charge is 2.34. The molecule has 19 heavy (non-hydrogen) atoms. The summed E-state index contributed by atoms with van der Waals surface area (Å²) in [5.41, 5.74) is 1.36. The number of hydrogen-bond donors (Lipinski definition) is 0. The number of aromatic nitrogens is 1. The van der Waals surface area contributed by atoms with Gasteiger partial charge in [0.1, 0.15) is 6.54 Å². The minimum atomic E-state index is -0.353. The van der Waals surface area contributed by atoms with Gasteiger partial charge >= 0.3 is 5.97 Å². The number of aryl methyl sites for hydroxylation is 1. The van der Waals surface area contributed by atoms with Crippen molar-refractivity contribution in [1.29, 1.82) is 0 Å². The molecule has 5 heteroatoms. The third kappa shape index (κ3) is 3.53. The summed E-state index contributed by atoms with van der Waals surface area (Å²) in [6.07, 6.45) is 3.52. The summed E-state index contributed by atoms with van der Waals surface area (Å²) in [4.78, 5) is 29.6. The molecule has 0 bridgehead atoms. The van der Waals surface area contributed by atoms with Crippen LogP contribution >= 0.6 is 0 Å². The molecule has 2 rings (SSSR count). The lowest BCUT2D eigenvalue weighted by atomic mass is 10.2. The molecule has 1 aliphatic rings. The van der Waals surface area contributed by atoms with E-state index in [-0.39, 0.29) is 24.5 Å². The van der Waals surface area contributed by atoms with Crippen LogP contribution in [0.15, 0.2) is 18.3 Å². The van der Waals surface area contributed by atoms with Gasteiger partial charge in [-0.3, -0.25) is 14.6 Å². The van der Waals surface area contributed by atoms with Gasteiger partial charge in [0.15, 0.2) is 0 Å². The Hall–Kier alpha value is -1.91.